The Balaban J connectivity index is 0.00000256. The number of nitrogens with two attached hydrogens (primary N) is 1. The van der Waals surface area contributed by atoms with Gasteiger partial charge in [-0.1, -0.05) is 0 Å². The number of benzene rings is 1. The van der Waals surface area contributed by atoms with Crippen molar-refractivity contribution < 1.29 is 22.6 Å². The van der Waals surface area contributed by atoms with Crippen LogP contribution >= 0.6 is 12.4 Å². The molecule has 7 heteroatoms. The molecule has 0 heterocycles. The maximum absolute atomic E-state index is 12.0. The normalized spacial score (nSPS) is 12.6. The molecule has 0 radical (unpaired) electrons. The fourth-order valence-electron chi connectivity index (χ4n) is 1.27. The minimum atomic E-state index is -4.70. The summed E-state index contributed by atoms with van der Waals surface area (Å²) in [7, 11) is 1.42. The molecule has 0 bridgehead atoms. The molecule has 1 aromatic carbocycles. The predicted octanol–water partition coefficient (Wildman–Crippen LogP) is 3.04. The zero-order valence-corrected chi connectivity index (χ0v) is 10.1. The zero-order valence-electron chi connectivity index (χ0n) is 9.25. The summed E-state index contributed by atoms with van der Waals surface area (Å²) >= 11 is 0. The molecular formula is C10H13ClF3NO2. The molecule has 1 aromatic rings. The summed E-state index contributed by atoms with van der Waals surface area (Å²) in [6.07, 6.45) is -4.70. The van der Waals surface area contributed by atoms with Crippen LogP contribution in [0.4, 0.5) is 13.2 Å². The Morgan fingerprint density at radius 3 is 2.29 bits per heavy atom. The van der Waals surface area contributed by atoms with Crippen LogP contribution in [0.1, 0.15) is 18.5 Å². The highest BCUT2D eigenvalue weighted by Crippen LogP contribution is 2.30. The summed E-state index contributed by atoms with van der Waals surface area (Å²) in [5, 5.41) is 0. The number of hydrogen-bond acceptors (Lipinski definition) is 3. The van der Waals surface area contributed by atoms with Crippen molar-refractivity contribution in [3.05, 3.63) is 23.8 Å². The van der Waals surface area contributed by atoms with Gasteiger partial charge < -0.3 is 15.2 Å². The monoisotopic (exact) mass is 271 g/mol. The van der Waals surface area contributed by atoms with Gasteiger partial charge in [0.05, 0.1) is 7.11 Å². The molecule has 0 aromatic heterocycles. The lowest BCUT2D eigenvalue weighted by molar-refractivity contribution is -0.274. The van der Waals surface area contributed by atoms with Crippen molar-refractivity contribution >= 4 is 12.4 Å². The first-order valence-corrected chi connectivity index (χ1v) is 4.52. The Morgan fingerprint density at radius 2 is 1.88 bits per heavy atom. The Hall–Kier alpha value is -1.14. The first-order chi connectivity index (χ1) is 7.33. The molecular weight excluding hydrogens is 259 g/mol. The molecule has 0 unspecified atom stereocenters. The second-order valence-electron chi connectivity index (χ2n) is 3.24. The highest BCUT2D eigenvalue weighted by atomic mass is 35.5. The molecule has 0 amide bonds. The average Bonchev–Trinajstić information content (AvgIpc) is 2.15. The van der Waals surface area contributed by atoms with Gasteiger partial charge in [0, 0.05) is 11.6 Å². The maximum atomic E-state index is 12.0. The number of methoxy groups -OCH3 is 1. The molecule has 0 saturated carbocycles. The van der Waals surface area contributed by atoms with Crippen LogP contribution in [0.15, 0.2) is 18.2 Å². The van der Waals surface area contributed by atoms with Crippen molar-refractivity contribution in [2.75, 3.05) is 7.11 Å². The highest BCUT2D eigenvalue weighted by molar-refractivity contribution is 5.85. The van der Waals surface area contributed by atoms with E-state index in [1.54, 1.807) is 6.92 Å². The van der Waals surface area contributed by atoms with Gasteiger partial charge in [-0.05, 0) is 25.1 Å². The van der Waals surface area contributed by atoms with Crippen molar-refractivity contribution in [3.8, 4) is 11.5 Å². The topological polar surface area (TPSA) is 44.5 Å². The van der Waals surface area contributed by atoms with Gasteiger partial charge in [0.25, 0.3) is 0 Å². The van der Waals surface area contributed by atoms with Crippen LogP contribution in [-0.4, -0.2) is 13.5 Å². The third kappa shape index (κ3) is 4.70. The Kier molecular flexibility index (Phi) is 5.57. The van der Waals surface area contributed by atoms with Crippen LogP contribution in [0, 0.1) is 0 Å². The number of hydrogen-bond donors (Lipinski definition) is 1. The van der Waals surface area contributed by atoms with Gasteiger partial charge in [0.2, 0.25) is 0 Å². The molecule has 98 valence electrons. The predicted molar refractivity (Wildman–Crippen MR) is 59.5 cm³/mol. The lowest BCUT2D eigenvalue weighted by Crippen LogP contribution is -2.17. The average molecular weight is 272 g/mol. The number of alkyl halides is 3. The number of rotatable bonds is 3. The van der Waals surface area contributed by atoms with E-state index in [1.165, 1.54) is 25.3 Å². The van der Waals surface area contributed by atoms with E-state index >= 15 is 0 Å². The minimum absolute atomic E-state index is 0. The Labute approximate surface area is 103 Å². The smallest absolute Gasteiger partial charge is 0.496 e. The molecule has 0 aliphatic carbocycles. The number of ether oxygens (including phenoxy) is 2. The van der Waals surface area contributed by atoms with Gasteiger partial charge in [-0.25, -0.2) is 0 Å². The molecule has 0 aliphatic rings. The van der Waals surface area contributed by atoms with Crippen LogP contribution in [0.25, 0.3) is 0 Å². The van der Waals surface area contributed by atoms with Crippen LogP contribution in [0.2, 0.25) is 0 Å². The molecule has 0 spiro atoms. The standard InChI is InChI=1S/C10H12F3NO2.ClH/c1-6(14)8-5-7(16-10(11,12)13)3-4-9(8)15-2;/h3-6H,14H2,1-2H3;1H/t6-;/m1./s1. The molecule has 17 heavy (non-hydrogen) atoms. The summed E-state index contributed by atoms with van der Waals surface area (Å²) in [5.41, 5.74) is 6.07. The van der Waals surface area contributed by atoms with E-state index in [0.29, 0.717) is 11.3 Å². The second kappa shape index (κ2) is 5.97. The van der Waals surface area contributed by atoms with E-state index in [-0.39, 0.29) is 18.2 Å². The lowest BCUT2D eigenvalue weighted by Gasteiger charge is -2.14. The lowest BCUT2D eigenvalue weighted by atomic mass is 10.1. The molecule has 1 rings (SSSR count). The minimum Gasteiger partial charge on any atom is -0.496 e. The summed E-state index contributed by atoms with van der Waals surface area (Å²) in [4.78, 5) is 0. The van der Waals surface area contributed by atoms with Crippen molar-refractivity contribution in [2.24, 2.45) is 5.73 Å². The first kappa shape index (κ1) is 15.9. The molecule has 0 fully saturated rings. The molecule has 3 nitrogen and oxygen atoms in total. The Bertz CT molecular complexity index is 369. The van der Waals surface area contributed by atoms with Gasteiger partial charge in [-0.3, -0.25) is 0 Å². The Morgan fingerprint density at radius 1 is 1.29 bits per heavy atom. The highest BCUT2D eigenvalue weighted by Gasteiger charge is 2.31. The van der Waals surface area contributed by atoms with Gasteiger partial charge in [0.15, 0.2) is 0 Å². The van der Waals surface area contributed by atoms with Crippen LogP contribution in [-0.2, 0) is 0 Å². The van der Waals surface area contributed by atoms with Crippen molar-refractivity contribution in [1.82, 2.24) is 0 Å². The maximum Gasteiger partial charge on any atom is 0.573 e. The summed E-state index contributed by atoms with van der Waals surface area (Å²) in [6.45, 7) is 1.65. The second-order valence-corrected chi connectivity index (χ2v) is 3.24. The first-order valence-electron chi connectivity index (χ1n) is 4.52. The fourth-order valence-corrected chi connectivity index (χ4v) is 1.27. The van der Waals surface area contributed by atoms with Gasteiger partial charge >= 0.3 is 6.36 Å². The van der Waals surface area contributed by atoms with E-state index in [9.17, 15) is 13.2 Å². The molecule has 0 saturated heterocycles. The van der Waals surface area contributed by atoms with Crippen molar-refractivity contribution in [3.63, 3.8) is 0 Å². The van der Waals surface area contributed by atoms with Crippen LogP contribution in [0.3, 0.4) is 0 Å². The fraction of sp³-hybridized carbons (Fsp3) is 0.400. The molecule has 0 aliphatic heterocycles. The van der Waals surface area contributed by atoms with Gasteiger partial charge in [0.1, 0.15) is 11.5 Å². The largest absolute Gasteiger partial charge is 0.573 e. The quantitative estimate of drug-likeness (QED) is 0.919. The summed E-state index contributed by atoms with van der Waals surface area (Å²) in [5.74, 6) is 0.130. The number of halogens is 4. The van der Waals surface area contributed by atoms with E-state index in [1.807, 2.05) is 0 Å². The summed E-state index contributed by atoms with van der Waals surface area (Å²) in [6, 6.07) is 3.35. The molecule has 1 atom stereocenters. The van der Waals surface area contributed by atoms with Crippen molar-refractivity contribution in [1.29, 1.82) is 0 Å². The van der Waals surface area contributed by atoms with Crippen molar-refractivity contribution in [2.45, 2.75) is 19.3 Å². The SMILES string of the molecule is COc1ccc(OC(F)(F)F)cc1[C@@H](C)N.Cl. The summed E-state index contributed by atoms with van der Waals surface area (Å²) < 4.78 is 44.7. The third-order valence-corrected chi connectivity index (χ3v) is 1.93. The molecule has 2 N–H and O–H groups in total. The zero-order chi connectivity index (χ0) is 12.3. The van der Waals surface area contributed by atoms with E-state index in [0.717, 1.165) is 0 Å². The van der Waals surface area contributed by atoms with Crippen LogP contribution < -0.4 is 15.2 Å². The van der Waals surface area contributed by atoms with Gasteiger partial charge in [-0.2, -0.15) is 0 Å². The third-order valence-electron chi connectivity index (χ3n) is 1.93. The van der Waals surface area contributed by atoms with Crippen LogP contribution in [0.5, 0.6) is 11.5 Å². The van der Waals surface area contributed by atoms with E-state index in [2.05, 4.69) is 4.74 Å². The van der Waals surface area contributed by atoms with E-state index < -0.39 is 12.4 Å². The van der Waals surface area contributed by atoms with E-state index in [4.69, 9.17) is 10.5 Å². The van der Waals surface area contributed by atoms with Gasteiger partial charge in [-0.15, -0.1) is 25.6 Å².